The molecule has 212 valence electrons. The van der Waals surface area contributed by atoms with Gasteiger partial charge in [0.05, 0.1) is 19.1 Å². The van der Waals surface area contributed by atoms with E-state index in [2.05, 4.69) is 34.7 Å². The first-order valence-corrected chi connectivity index (χ1v) is 15.7. The van der Waals surface area contributed by atoms with Crippen LogP contribution in [-0.2, 0) is 15.4 Å². The van der Waals surface area contributed by atoms with E-state index in [1.54, 1.807) is 42.8 Å². The Balaban J connectivity index is 1.22. The number of rotatable bonds is 7. The molecule has 3 aliphatic rings. The van der Waals surface area contributed by atoms with E-state index < -0.39 is 10.0 Å². The Hall–Kier alpha value is -2.40. The van der Waals surface area contributed by atoms with Gasteiger partial charge in [0, 0.05) is 36.3 Å². The number of fused-ring (bicyclic) bond motifs is 1. The van der Waals surface area contributed by atoms with E-state index in [0.717, 1.165) is 68.7 Å². The van der Waals surface area contributed by atoms with E-state index in [1.165, 1.54) is 5.56 Å². The maximum atomic E-state index is 12.9. The fourth-order valence-corrected chi connectivity index (χ4v) is 8.51. The molecule has 39 heavy (non-hydrogen) atoms. The molecule has 2 N–H and O–H groups in total. The number of anilines is 1. The smallest absolute Gasteiger partial charge is 0.243 e. The van der Waals surface area contributed by atoms with Gasteiger partial charge < -0.3 is 25.0 Å². The summed E-state index contributed by atoms with van der Waals surface area (Å²) < 4.78 is 38.6. The van der Waals surface area contributed by atoms with Gasteiger partial charge in [0.2, 0.25) is 10.0 Å². The van der Waals surface area contributed by atoms with Crippen LogP contribution in [-0.4, -0.2) is 75.7 Å². The molecular weight excluding hydrogens is 532 g/mol. The van der Waals surface area contributed by atoms with Crippen molar-refractivity contribution < 1.29 is 17.9 Å². The van der Waals surface area contributed by atoms with Gasteiger partial charge in [-0.05, 0) is 106 Å². The summed E-state index contributed by atoms with van der Waals surface area (Å²) in [4.78, 5) is 2.81. The van der Waals surface area contributed by atoms with Crippen LogP contribution in [0.3, 0.4) is 0 Å². The maximum Gasteiger partial charge on any atom is 0.243 e. The van der Waals surface area contributed by atoms with Gasteiger partial charge in [0.15, 0.2) is 16.6 Å². The molecule has 2 aliphatic heterocycles. The number of thiocarbonyl (C=S) groups is 1. The summed E-state index contributed by atoms with van der Waals surface area (Å²) in [6.07, 6.45) is 7.10. The molecule has 2 aromatic rings. The zero-order valence-corrected chi connectivity index (χ0v) is 24.7. The molecule has 2 aromatic carbocycles. The summed E-state index contributed by atoms with van der Waals surface area (Å²) >= 11 is 5.66. The number of likely N-dealkylation sites (N-methyl/N-ethyl adjacent to an activating group) is 1. The van der Waals surface area contributed by atoms with E-state index in [1.807, 2.05) is 6.07 Å². The molecule has 0 unspecified atom stereocenters. The van der Waals surface area contributed by atoms with Gasteiger partial charge in [0.25, 0.3) is 0 Å². The predicted molar refractivity (Wildman–Crippen MR) is 158 cm³/mol. The van der Waals surface area contributed by atoms with E-state index in [-0.39, 0.29) is 11.5 Å². The van der Waals surface area contributed by atoms with Crippen LogP contribution in [0.5, 0.6) is 11.5 Å². The van der Waals surface area contributed by atoms with Gasteiger partial charge in [-0.25, -0.2) is 8.42 Å². The van der Waals surface area contributed by atoms with Gasteiger partial charge in [-0.1, -0.05) is 12.5 Å². The number of piperidine rings is 1. The Morgan fingerprint density at radius 2 is 1.69 bits per heavy atom. The first-order chi connectivity index (χ1) is 18.8. The average Bonchev–Trinajstić information content (AvgIpc) is 3.30. The van der Waals surface area contributed by atoms with Gasteiger partial charge in [-0.3, -0.25) is 0 Å². The van der Waals surface area contributed by atoms with Crippen LogP contribution in [0.2, 0.25) is 0 Å². The zero-order chi connectivity index (χ0) is 27.6. The van der Waals surface area contributed by atoms with Crippen LogP contribution < -0.4 is 20.1 Å². The van der Waals surface area contributed by atoms with Crippen molar-refractivity contribution >= 4 is 33.0 Å². The molecule has 10 heteroatoms. The Morgan fingerprint density at radius 3 is 2.38 bits per heavy atom. The third kappa shape index (κ3) is 5.62. The fraction of sp³-hybridized carbons (Fsp3) is 0.552. The van der Waals surface area contributed by atoms with Crippen molar-refractivity contribution in [3.8, 4) is 11.5 Å². The lowest BCUT2D eigenvalue weighted by atomic mass is 9.65. The zero-order valence-electron chi connectivity index (χ0n) is 23.1. The van der Waals surface area contributed by atoms with Crippen molar-refractivity contribution in [3.05, 3.63) is 48.0 Å². The average molecular weight is 573 g/mol. The summed E-state index contributed by atoms with van der Waals surface area (Å²) in [6, 6.07) is 13.9. The highest BCUT2D eigenvalue weighted by Gasteiger charge is 2.50. The van der Waals surface area contributed by atoms with E-state index in [9.17, 15) is 8.42 Å². The third-order valence-corrected chi connectivity index (χ3v) is 11.0. The molecule has 0 radical (unpaired) electrons. The van der Waals surface area contributed by atoms with Crippen LogP contribution in [0.4, 0.5) is 5.69 Å². The highest BCUT2D eigenvalue weighted by atomic mass is 32.2. The van der Waals surface area contributed by atoms with Crippen molar-refractivity contribution in [2.75, 3.05) is 46.2 Å². The molecule has 0 bridgehead atoms. The second-order valence-electron chi connectivity index (χ2n) is 11.0. The lowest BCUT2D eigenvalue weighted by molar-refractivity contribution is 0.161. The van der Waals surface area contributed by atoms with Gasteiger partial charge >= 0.3 is 0 Å². The third-order valence-electron chi connectivity index (χ3n) is 8.89. The molecular formula is C29H40N4O4S2. The number of hydrogen-bond donors (Lipinski definition) is 2. The molecule has 8 nitrogen and oxygen atoms in total. The summed E-state index contributed by atoms with van der Waals surface area (Å²) in [7, 11) is 2.13. The number of methoxy groups -OCH3 is 2. The number of ether oxygens (including phenoxy) is 2. The number of benzene rings is 2. The molecule has 2 heterocycles. The SMILES string of the molecule is COc1ccc([C@@]23CC[C@@H](NC(=S)Nc4ccc(S(=O)(=O)N5CCCCC5)cc4)C[C@@H]2N(C)CC3)cc1OC. The predicted octanol–water partition coefficient (Wildman–Crippen LogP) is 4.36. The highest BCUT2D eigenvalue weighted by Crippen LogP contribution is 2.49. The second kappa shape index (κ2) is 11.6. The van der Waals surface area contributed by atoms with E-state index >= 15 is 0 Å². The number of likely N-dealkylation sites (tertiary alicyclic amines) is 1. The lowest BCUT2D eigenvalue weighted by Gasteiger charge is -2.45. The first kappa shape index (κ1) is 28.1. The molecule has 0 aromatic heterocycles. The van der Waals surface area contributed by atoms with Crippen LogP contribution in [0.25, 0.3) is 0 Å². The summed E-state index contributed by atoms with van der Waals surface area (Å²) in [6.45, 7) is 2.25. The minimum absolute atomic E-state index is 0.0806. The van der Waals surface area contributed by atoms with Crippen molar-refractivity contribution in [2.45, 2.75) is 67.3 Å². The van der Waals surface area contributed by atoms with Crippen molar-refractivity contribution in [3.63, 3.8) is 0 Å². The van der Waals surface area contributed by atoms with Gasteiger partial charge in [0.1, 0.15) is 0 Å². The Bertz CT molecular complexity index is 1280. The topological polar surface area (TPSA) is 83.1 Å². The van der Waals surface area contributed by atoms with Crippen LogP contribution in [0.15, 0.2) is 47.4 Å². The molecule has 1 saturated carbocycles. The van der Waals surface area contributed by atoms with Crippen LogP contribution >= 0.6 is 12.2 Å². The Labute approximate surface area is 238 Å². The summed E-state index contributed by atoms with van der Waals surface area (Å²) in [5.74, 6) is 1.53. The first-order valence-electron chi connectivity index (χ1n) is 13.9. The Morgan fingerprint density at radius 1 is 0.974 bits per heavy atom. The fourth-order valence-electron chi connectivity index (χ4n) is 6.71. The molecule has 0 amide bonds. The van der Waals surface area contributed by atoms with Gasteiger partial charge in [-0.2, -0.15) is 4.31 Å². The summed E-state index contributed by atoms with van der Waals surface area (Å²) in [5.41, 5.74) is 2.17. The number of nitrogens with one attached hydrogen (secondary N) is 2. The van der Waals surface area contributed by atoms with Crippen LogP contribution in [0.1, 0.15) is 50.5 Å². The molecule has 3 atom stereocenters. The van der Waals surface area contributed by atoms with E-state index in [0.29, 0.717) is 29.1 Å². The standard InChI is InChI=1S/C29H40N4O4S2/c1-32-18-15-29(21-7-12-25(36-2)26(19-21)37-3)14-13-23(20-27(29)32)31-28(38)30-22-8-10-24(11-9-22)39(34,35)33-16-5-4-6-17-33/h7-12,19,23,27H,4-6,13-18,20H2,1-3H3,(H2,30,31,38)/t23-,27+,29+/m1/s1. The van der Waals surface area contributed by atoms with Crippen molar-refractivity contribution in [2.24, 2.45) is 0 Å². The minimum atomic E-state index is -3.44. The lowest BCUT2D eigenvalue weighted by Crippen LogP contribution is -2.52. The number of sulfonamides is 1. The maximum absolute atomic E-state index is 12.9. The van der Waals surface area contributed by atoms with E-state index in [4.69, 9.17) is 21.7 Å². The normalized spacial score (nSPS) is 26.0. The largest absolute Gasteiger partial charge is 0.493 e. The number of hydrogen-bond acceptors (Lipinski definition) is 6. The summed E-state index contributed by atoms with van der Waals surface area (Å²) in [5, 5.41) is 7.35. The highest BCUT2D eigenvalue weighted by molar-refractivity contribution is 7.89. The molecule has 3 fully saturated rings. The quantitative estimate of drug-likeness (QED) is 0.474. The monoisotopic (exact) mass is 572 g/mol. The molecule has 5 rings (SSSR count). The van der Waals surface area contributed by atoms with Crippen LogP contribution in [0, 0.1) is 0 Å². The van der Waals surface area contributed by atoms with Crippen molar-refractivity contribution in [1.29, 1.82) is 0 Å². The van der Waals surface area contributed by atoms with Crippen molar-refractivity contribution in [1.82, 2.24) is 14.5 Å². The Kier molecular flexibility index (Phi) is 8.37. The minimum Gasteiger partial charge on any atom is -0.493 e. The molecule has 0 spiro atoms. The second-order valence-corrected chi connectivity index (χ2v) is 13.4. The van der Waals surface area contributed by atoms with Gasteiger partial charge in [-0.15, -0.1) is 0 Å². The molecule has 2 saturated heterocycles. The molecule has 1 aliphatic carbocycles. The number of nitrogens with zero attached hydrogens (tertiary/aromatic N) is 2.